The molecule has 2 N–H and O–H groups in total. The number of nitro groups is 2. The van der Waals surface area contributed by atoms with E-state index in [4.69, 9.17) is 9.47 Å². The molecule has 2 unspecified atom stereocenters. The van der Waals surface area contributed by atoms with Gasteiger partial charge in [0, 0.05) is 13.2 Å². The molecule has 20 heavy (non-hydrogen) atoms. The largest absolute Gasteiger partial charge is 0.504 e. The van der Waals surface area contributed by atoms with Crippen LogP contribution in [0.15, 0.2) is 23.2 Å². The number of rotatable bonds is 6. The van der Waals surface area contributed by atoms with E-state index < -0.39 is 38.9 Å². The van der Waals surface area contributed by atoms with Crippen LogP contribution >= 0.6 is 0 Å². The highest BCUT2D eigenvalue weighted by Crippen LogP contribution is 2.35. The van der Waals surface area contributed by atoms with Gasteiger partial charge in [-0.3, -0.25) is 20.2 Å². The Morgan fingerprint density at radius 2 is 1.90 bits per heavy atom. The molecule has 0 saturated heterocycles. The van der Waals surface area contributed by atoms with Crippen molar-refractivity contribution in [1.82, 2.24) is 0 Å². The maximum atomic E-state index is 11.0. The van der Waals surface area contributed by atoms with Crippen LogP contribution in [0.2, 0.25) is 0 Å². The zero-order chi connectivity index (χ0) is 15.5. The SMILES string of the molecule is CCOC1C(O)=C([N+](=O)[O-])C=C([N+](=O)[O-])C1(O)OCC. The molecule has 0 spiro atoms. The topological polar surface area (TPSA) is 145 Å². The van der Waals surface area contributed by atoms with Gasteiger partial charge >= 0.3 is 11.4 Å². The average Bonchev–Trinajstić information content (AvgIpc) is 2.34. The summed E-state index contributed by atoms with van der Waals surface area (Å²) in [5.41, 5.74) is -1.89. The van der Waals surface area contributed by atoms with Gasteiger partial charge in [0.1, 0.15) is 0 Å². The lowest BCUT2D eigenvalue weighted by molar-refractivity contribution is -0.477. The van der Waals surface area contributed by atoms with Crippen molar-refractivity contribution in [3.05, 3.63) is 43.5 Å². The molecule has 0 aromatic heterocycles. The Kier molecular flexibility index (Phi) is 4.76. The molecule has 0 saturated carbocycles. The highest BCUT2D eigenvalue weighted by molar-refractivity contribution is 5.32. The maximum Gasteiger partial charge on any atom is 0.316 e. The Hall–Kier alpha value is -2.04. The van der Waals surface area contributed by atoms with Crippen molar-refractivity contribution in [2.24, 2.45) is 0 Å². The summed E-state index contributed by atoms with van der Waals surface area (Å²) in [6.07, 6.45) is -1.29. The van der Waals surface area contributed by atoms with Crippen molar-refractivity contribution in [2.75, 3.05) is 13.2 Å². The highest BCUT2D eigenvalue weighted by Gasteiger charge is 2.57. The smallest absolute Gasteiger partial charge is 0.316 e. The van der Waals surface area contributed by atoms with Crippen molar-refractivity contribution in [1.29, 1.82) is 0 Å². The quantitative estimate of drug-likeness (QED) is 0.404. The van der Waals surface area contributed by atoms with E-state index in [1.807, 2.05) is 0 Å². The van der Waals surface area contributed by atoms with Gasteiger partial charge in [-0.15, -0.1) is 0 Å². The molecule has 10 nitrogen and oxygen atoms in total. The number of hydrogen-bond acceptors (Lipinski definition) is 8. The molecule has 0 heterocycles. The predicted molar refractivity (Wildman–Crippen MR) is 63.7 cm³/mol. The molecule has 0 aromatic carbocycles. The summed E-state index contributed by atoms with van der Waals surface area (Å²) in [4.78, 5) is 19.8. The molecule has 0 bridgehead atoms. The van der Waals surface area contributed by atoms with Crippen LogP contribution in [0.1, 0.15) is 13.8 Å². The highest BCUT2D eigenvalue weighted by atomic mass is 16.7. The van der Waals surface area contributed by atoms with Crippen LogP contribution in [0, 0.1) is 20.2 Å². The number of aliphatic hydroxyl groups excluding tert-OH is 1. The van der Waals surface area contributed by atoms with Crippen LogP contribution in [0.4, 0.5) is 0 Å². The summed E-state index contributed by atoms with van der Waals surface area (Å²) in [7, 11) is 0. The van der Waals surface area contributed by atoms with E-state index in [1.54, 1.807) is 0 Å². The third-order valence-electron chi connectivity index (χ3n) is 2.60. The van der Waals surface area contributed by atoms with Crippen molar-refractivity contribution in [3.8, 4) is 0 Å². The van der Waals surface area contributed by atoms with Gasteiger partial charge in [0.25, 0.3) is 5.79 Å². The van der Waals surface area contributed by atoms with Gasteiger partial charge in [0.05, 0.1) is 15.9 Å². The minimum Gasteiger partial charge on any atom is -0.504 e. The zero-order valence-corrected chi connectivity index (χ0v) is 10.8. The molecule has 2 atom stereocenters. The van der Waals surface area contributed by atoms with Gasteiger partial charge in [-0.1, -0.05) is 0 Å². The molecule has 0 radical (unpaired) electrons. The fourth-order valence-electron chi connectivity index (χ4n) is 1.82. The Balaban J connectivity index is 3.47. The molecule has 0 amide bonds. The lowest BCUT2D eigenvalue weighted by Gasteiger charge is -2.33. The van der Waals surface area contributed by atoms with Crippen LogP contribution in [-0.2, 0) is 9.47 Å². The van der Waals surface area contributed by atoms with Crippen molar-refractivity contribution < 1.29 is 29.5 Å². The summed E-state index contributed by atoms with van der Waals surface area (Å²) in [5, 5.41) is 41.9. The van der Waals surface area contributed by atoms with Gasteiger partial charge in [-0.25, -0.2) is 0 Å². The van der Waals surface area contributed by atoms with E-state index in [1.165, 1.54) is 13.8 Å². The molecule has 0 fully saturated rings. The monoisotopic (exact) mass is 290 g/mol. The van der Waals surface area contributed by atoms with E-state index in [0.29, 0.717) is 6.08 Å². The number of nitrogens with zero attached hydrogens (tertiary/aromatic N) is 2. The first-order valence-electron chi connectivity index (χ1n) is 5.71. The molecule has 10 heteroatoms. The lowest BCUT2D eigenvalue weighted by atomic mass is 9.96. The normalized spacial score (nSPS) is 26.4. The number of allylic oxidation sites excluding steroid dienone is 1. The second kappa shape index (κ2) is 5.94. The minimum atomic E-state index is -2.60. The zero-order valence-electron chi connectivity index (χ0n) is 10.8. The third kappa shape index (κ3) is 2.61. The van der Waals surface area contributed by atoms with Crippen LogP contribution in [-0.4, -0.2) is 45.2 Å². The van der Waals surface area contributed by atoms with Crippen LogP contribution in [0.5, 0.6) is 0 Å². The molecule has 0 aliphatic heterocycles. The van der Waals surface area contributed by atoms with E-state index in [0.717, 1.165) is 0 Å². The number of hydrogen-bond donors (Lipinski definition) is 2. The average molecular weight is 290 g/mol. The first kappa shape index (κ1) is 16.0. The first-order chi connectivity index (χ1) is 9.29. The van der Waals surface area contributed by atoms with Gasteiger partial charge in [-0.2, -0.15) is 0 Å². The van der Waals surface area contributed by atoms with Crippen LogP contribution in [0.3, 0.4) is 0 Å². The Morgan fingerprint density at radius 3 is 2.30 bits per heavy atom. The second-order valence-electron chi connectivity index (χ2n) is 3.78. The Bertz CT molecular complexity index is 486. The van der Waals surface area contributed by atoms with Gasteiger partial charge < -0.3 is 19.7 Å². The van der Waals surface area contributed by atoms with Crippen LogP contribution in [0.25, 0.3) is 0 Å². The fraction of sp³-hybridized carbons (Fsp3) is 0.600. The summed E-state index contributed by atoms with van der Waals surface area (Å²) in [5.74, 6) is -3.53. The van der Waals surface area contributed by atoms with E-state index >= 15 is 0 Å². The first-order valence-corrected chi connectivity index (χ1v) is 5.71. The molecule has 1 aliphatic carbocycles. The fourth-order valence-corrected chi connectivity index (χ4v) is 1.82. The standard InChI is InChI=1S/C10H14N2O8/c1-3-19-9-8(13)6(11(15)16)5-7(12(17)18)10(9,14)20-4-2/h5,9,13-14H,3-4H2,1-2H3. The van der Waals surface area contributed by atoms with Gasteiger partial charge in [0.2, 0.25) is 5.76 Å². The van der Waals surface area contributed by atoms with E-state index in [-0.39, 0.29) is 13.2 Å². The molecule has 1 aliphatic rings. The molecule has 112 valence electrons. The molecular formula is C10H14N2O8. The number of ether oxygens (including phenoxy) is 2. The Labute approximate surface area is 113 Å². The van der Waals surface area contributed by atoms with Crippen molar-refractivity contribution >= 4 is 0 Å². The van der Waals surface area contributed by atoms with Crippen molar-refractivity contribution in [2.45, 2.75) is 25.7 Å². The van der Waals surface area contributed by atoms with Gasteiger partial charge in [0.15, 0.2) is 6.10 Å². The minimum absolute atomic E-state index is 0.0555. The summed E-state index contributed by atoms with van der Waals surface area (Å²) in [6, 6.07) is 0. The summed E-state index contributed by atoms with van der Waals surface area (Å²) >= 11 is 0. The third-order valence-corrected chi connectivity index (χ3v) is 2.60. The van der Waals surface area contributed by atoms with Crippen LogP contribution < -0.4 is 0 Å². The maximum absolute atomic E-state index is 11.0. The summed E-state index contributed by atoms with van der Waals surface area (Å²) in [6.45, 7) is 2.77. The predicted octanol–water partition coefficient (Wildman–Crippen LogP) is 0.337. The molecule has 0 aromatic rings. The Morgan fingerprint density at radius 1 is 1.30 bits per heavy atom. The van der Waals surface area contributed by atoms with Crippen molar-refractivity contribution in [3.63, 3.8) is 0 Å². The number of aliphatic hydroxyl groups is 2. The molecule has 1 rings (SSSR count). The van der Waals surface area contributed by atoms with E-state index in [2.05, 4.69) is 0 Å². The second-order valence-corrected chi connectivity index (χ2v) is 3.78. The summed E-state index contributed by atoms with van der Waals surface area (Å²) < 4.78 is 9.90. The van der Waals surface area contributed by atoms with Gasteiger partial charge in [-0.05, 0) is 13.8 Å². The lowest BCUT2D eigenvalue weighted by Crippen LogP contribution is -2.53. The van der Waals surface area contributed by atoms with E-state index in [9.17, 15) is 30.4 Å². The molecular weight excluding hydrogens is 276 g/mol.